The Morgan fingerprint density at radius 3 is 2.69 bits per heavy atom. The molecule has 4 heterocycles. The fraction of sp³-hybridized carbons (Fsp3) is 0.524. The van der Waals surface area contributed by atoms with E-state index in [1.807, 2.05) is 6.92 Å². The summed E-state index contributed by atoms with van der Waals surface area (Å²) >= 11 is 0. The van der Waals surface area contributed by atoms with Crippen molar-refractivity contribution < 1.29 is 49.7 Å². The Balaban J connectivity index is 1.31. The molecule has 3 N–H and O–H groups in total. The lowest BCUT2D eigenvalue weighted by molar-refractivity contribution is -0.330. The summed E-state index contributed by atoms with van der Waals surface area (Å²) in [6.45, 7) is 0.469. The van der Waals surface area contributed by atoms with E-state index in [0.717, 1.165) is 23.4 Å². The van der Waals surface area contributed by atoms with E-state index in [-0.39, 0.29) is 29.6 Å². The third kappa shape index (κ3) is 6.00. The quantitative estimate of drug-likeness (QED) is 0.361. The molecule has 1 amide bonds. The topological polar surface area (TPSA) is 128 Å². The SMILES string of the molecule is CC1(NC(=O)O[C@H]2CO[C@@H](c3cc(Nc4ncc(C(F)(F)F)c5nc(COC(F)(F)F)cn45)n[nH]3)[C@@H]2F)CC1. The number of nitrogens with one attached hydrogen (secondary N) is 3. The Labute approximate surface area is 214 Å². The van der Waals surface area contributed by atoms with Crippen molar-refractivity contribution in [3.63, 3.8) is 0 Å². The Bertz CT molecular complexity index is 1370. The van der Waals surface area contributed by atoms with Gasteiger partial charge in [0, 0.05) is 24.0 Å². The molecule has 0 spiro atoms. The Morgan fingerprint density at radius 1 is 1.28 bits per heavy atom. The summed E-state index contributed by atoms with van der Waals surface area (Å²) in [5, 5.41) is 11.7. The number of ether oxygens (including phenoxy) is 3. The van der Waals surface area contributed by atoms with Crippen molar-refractivity contribution in [3.05, 3.63) is 35.4 Å². The van der Waals surface area contributed by atoms with Crippen molar-refractivity contribution in [2.24, 2.45) is 0 Å². The molecule has 5 rings (SSSR count). The number of hydrogen-bond donors (Lipinski definition) is 3. The molecule has 0 bridgehead atoms. The molecule has 2 fully saturated rings. The smallest absolute Gasteiger partial charge is 0.441 e. The number of hydrogen-bond acceptors (Lipinski definition) is 8. The Kier molecular flexibility index (Phi) is 6.56. The van der Waals surface area contributed by atoms with Crippen LogP contribution in [0.5, 0.6) is 0 Å². The van der Waals surface area contributed by atoms with Crippen molar-refractivity contribution in [2.75, 3.05) is 11.9 Å². The number of imidazole rings is 1. The zero-order valence-corrected chi connectivity index (χ0v) is 19.9. The normalized spacial score (nSPS) is 22.7. The summed E-state index contributed by atoms with van der Waals surface area (Å²) < 4.78 is 108. The number of alkyl halides is 7. The van der Waals surface area contributed by atoms with E-state index < -0.39 is 60.5 Å². The van der Waals surface area contributed by atoms with Crippen LogP contribution in [-0.2, 0) is 27.0 Å². The summed E-state index contributed by atoms with van der Waals surface area (Å²) in [5.74, 6) is -0.308. The van der Waals surface area contributed by atoms with E-state index >= 15 is 0 Å². The fourth-order valence-electron chi connectivity index (χ4n) is 3.87. The van der Waals surface area contributed by atoms with Crippen molar-refractivity contribution in [3.8, 4) is 0 Å². The highest BCUT2D eigenvalue weighted by Crippen LogP contribution is 2.37. The van der Waals surface area contributed by atoms with E-state index in [4.69, 9.17) is 9.47 Å². The van der Waals surface area contributed by atoms with Gasteiger partial charge in [-0.2, -0.15) is 18.3 Å². The number of rotatable bonds is 7. The molecule has 0 unspecified atom stereocenters. The zero-order valence-electron chi connectivity index (χ0n) is 19.9. The number of carbonyl (C=O) groups is 1. The van der Waals surface area contributed by atoms with Crippen LogP contribution < -0.4 is 10.6 Å². The predicted molar refractivity (Wildman–Crippen MR) is 115 cm³/mol. The van der Waals surface area contributed by atoms with Gasteiger partial charge >= 0.3 is 18.6 Å². The van der Waals surface area contributed by atoms with Gasteiger partial charge in [-0.25, -0.2) is 19.2 Å². The van der Waals surface area contributed by atoms with Crippen LogP contribution in [0.2, 0.25) is 0 Å². The van der Waals surface area contributed by atoms with Gasteiger partial charge in [-0.1, -0.05) is 0 Å². The van der Waals surface area contributed by atoms with Crippen LogP contribution >= 0.6 is 0 Å². The van der Waals surface area contributed by atoms with E-state index in [1.165, 1.54) is 6.07 Å². The summed E-state index contributed by atoms with van der Waals surface area (Å²) in [5.41, 5.74) is -2.69. The van der Waals surface area contributed by atoms with Gasteiger partial charge in [-0.05, 0) is 19.8 Å². The van der Waals surface area contributed by atoms with E-state index in [9.17, 15) is 35.5 Å². The van der Waals surface area contributed by atoms with Gasteiger partial charge in [-0.3, -0.25) is 14.2 Å². The third-order valence-electron chi connectivity index (χ3n) is 6.12. The van der Waals surface area contributed by atoms with Gasteiger partial charge in [0.1, 0.15) is 11.7 Å². The fourth-order valence-corrected chi connectivity index (χ4v) is 3.87. The molecular weight excluding hydrogens is 547 g/mol. The molecule has 1 aliphatic carbocycles. The molecule has 1 saturated heterocycles. The molecule has 1 aliphatic heterocycles. The average molecular weight is 567 g/mol. The first-order chi connectivity index (χ1) is 18.2. The Morgan fingerprint density at radius 2 is 2.03 bits per heavy atom. The third-order valence-corrected chi connectivity index (χ3v) is 6.12. The number of anilines is 2. The monoisotopic (exact) mass is 567 g/mol. The molecule has 3 aromatic heterocycles. The lowest BCUT2D eigenvalue weighted by atomic mass is 10.1. The second-order valence-electron chi connectivity index (χ2n) is 9.31. The van der Waals surface area contributed by atoms with E-state index in [1.54, 1.807) is 0 Å². The van der Waals surface area contributed by atoms with Crippen LogP contribution in [0, 0.1) is 0 Å². The van der Waals surface area contributed by atoms with Crippen LogP contribution in [0.1, 0.15) is 42.8 Å². The highest BCUT2D eigenvalue weighted by Gasteiger charge is 2.44. The van der Waals surface area contributed by atoms with Crippen LogP contribution in [-0.4, -0.2) is 61.4 Å². The summed E-state index contributed by atoms with van der Waals surface area (Å²) in [7, 11) is 0. The minimum Gasteiger partial charge on any atom is -0.441 e. The number of halogens is 7. The summed E-state index contributed by atoms with van der Waals surface area (Å²) in [4.78, 5) is 19.3. The van der Waals surface area contributed by atoms with E-state index in [0.29, 0.717) is 6.20 Å². The molecule has 0 radical (unpaired) electrons. The minimum absolute atomic E-state index is 0.0279. The molecule has 11 nitrogen and oxygen atoms in total. The van der Waals surface area contributed by atoms with Crippen molar-refractivity contribution in [1.29, 1.82) is 0 Å². The first kappa shape index (κ1) is 26.9. The first-order valence-corrected chi connectivity index (χ1v) is 11.4. The van der Waals surface area contributed by atoms with Crippen molar-refractivity contribution >= 4 is 23.5 Å². The number of nitrogens with zero attached hydrogens (tertiary/aromatic N) is 4. The van der Waals surface area contributed by atoms with Gasteiger partial charge in [0.25, 0.3) is 0 Å². The maximum atomic E-state index is 15.0. The van der Waals surface area contributed by atoms with E-state index in [2.05, 4.69) is 35.5 Å². The number of H-pyrrole nitrogens is 1. The highest BCUT2D eigenvalue weighted by molar-refractivity contribution is 5.69. The first-order valence-electron chi connectivity index (χ1n) is 11.4. The molecule has 3 atom stereocenters. The molecule has 0 aromatic carbocycles. The minimum atomic E-state index is -5.02. The summed E-state index contributed by atoms with van der Waals surface area (Å²) in [6.07, 6.45) is -11.9. The number of amides is 1. The second-order valence-corrected chi connectivity index (χ2v) is 9.31. The maximum Gasteiger partial charge on any atom is 0.522 e. The average Bonchev–Trinajstić information content (AvgIpc) is 3.19. The molecular formula is C21H20F7N7O4. The predicted octanol–water partition coefficient (Wildman–Crippen LogP) is 4.31. The van der Waals surface area contributed by atoms with Crippen LogP contribution in [0.15, 0.2) is 18.5 Å². The second kappa shape index (κ2) is 9.51. The summed E-state index contributed by atoms with van der Waals surface area (Å²) in [6, 6.07) is 1.29. The largest absolute Gasteiger partial charge is 0.522 e. The molecule has 2 aliphatic rings. The molecule has 212 valence electrons. The lowest BCUT2D eigenvalue weighted by Gasteiger charge is -2.17. The molecule has 39 heavy (non-hydrogen) atoms. The van der Waals surface area contributed by atoms with Gasteiger partial charge in [-0.15, -0.1) is 13.2 Å². The van der Waals surface area contributed by atoms with Crippen molar-refractivity contribution in [1.82, 2.24) is 29.9 Å². The number of alkyl carbamates (subject to hydrolysis) is 1. The van der Waals surface area contributed by atoms with Gasteiger partial charge in [0.2, 0.25) is 5.95 Å². The zero-order chi connectivity index (χ0) is 28.2. The van der Waals surface area contributed by atoms with Crippen LogP contribution in [0.4, 0.5) is 47.3 Å². The molecule has 3 aromatic rings. The number of aromatic nitrogens is 5. The lowest BCUT2D eigenvalue weighted by Crippen LogP contribution is -2.39. The number of fused-ring (bicyclic) bond motifs is 1. The van der Waals surface area contributed by atoms with Gasteiger partial charge in [0.15, 0.2) is 23.7 Å². The molecule has 1 saturated carbocycles. The van der Waals surface area contributed by atoms with Crippen molar-refractivity contribution in [2.45, 2.75) is 62.8 Å². The molecule has 18 heteroatoms. The number of aromatic amines is 1. The Hall–Kier alpha value is -3.67. The van der Waals surface area contributed by atoms with Crippen LogP contribution in [0.25, 0.3) is 5.65 Å². The highest BCUT2D eigenvalue weighted by atomic mass is 19.4. The standard InChI is InChI=1S/C21H20F7N7O4/c1-19(2-3-19)32-18(36)39-12-8-37-15(14(12)22)11-4-13(34-33-11)31-17-29-5-10(20(23,24)25)16-30-9(6-35(16)17)7-38-21(26,27)28/h4-6,12,14-15H,2-3,7-8H2,1H3,(H,32,36)(H2,29,31,33,34)/t12-,14+,15-/m0/s1. The maximum absolute atomic E-state index is 15.0. The van der Waals surface area contributed by atoms with Crippen LogP contribution in [0.3, 0.4) is 0 Å². The van der Waals surface area contributed by atoms with Gasteiger partial charge in [0.05, 0.1) is 24.6 Å². The van der Waals surface area contributed by atoms with Gasteiger partial charge < -0.3 is 20.1 Å². The number of carbonyl (C=O) groups excluding carboxylic acids is 1.